The van der Waals surface area contributed by atoms with Crippen LogP contribution in [0, 0.1) is 22.7 Å². The second-order valence-electron chi connectivity index (χ2n) is 4.42. The molecule has 98 valence electrons. The lowest BCUT2D eigenvalue weighted by atomic mass is 10.1. The fourth-order valence-corrected chi connectivity index (χ4v) is 1.95. The highest BCUT2D eigenvalue weighted by Crippen LogP contribution is 2.20. The zero-order chi connectivity index (χ0) is 14.5. The van der Waals surface area contributed by atoms with Crippen LogP contribution in [-0.4, -0.2) is 12.0 Å². The molecular weight excluding hydrogens is 250 g/mol. The largest absolute Gasteiger partial charge is 0.397 e. The molecule has 0 atom stereocenters. The standard InChI is InChI=1S/C15H13N5/c1-20(10-12-4-2-3-11(5-12)7-16)15-13(8-17)6-14(18)9-19-15/h2-6,9H,10,18H2,1H3. The molecule has 1 aromatic heterocycles. The van der Waals surface area contributed by atoms with Crippen LogP contribution in [0.25, 0.3) is 0 Å². The number of nitrogens with zero attached hydrogens (tertiary/aromatic N) is 4. The number of hydrogen-bond acceptors (Lipinski definition) is 5. The van der Waals surface area contributed by atoms with E-state index in [0.717, 1.165) is 5.56 Å². The minimum absolute atomic E-state index is 0.434. The van der Waals surface area contributed by atoms with E-state index < -0.39 is 0 Å². The zero-order valence-electron chi connectivity index (χ0n) is 11.0. The van der Waals surface area contributed by atoms with Crippen molar-refractivity contribution < 1.29 is 0 Å². The molecule has 2 N–H and O–H groups in total. The van der Waals surface area contributed by atoms with Gasteiger partial charge in [0, 0.05) is 13.6 Å². The number of anilines is 2. The molecule has 0 spiro atoms. The molecule has 2 aromatic rings. The molecule has 2 rings (SSSR count). The molecule has 0 radical (unpaired) electrons. The molecular formula is C15H13N5. The van der Waals surface area contributed by atoms with Gasteiger partial charge in [0.05, 0.1) is 29.1 Å². The summed E-state index contributed by atoms with van der Waals surface area (Å²) in [6.45, 7) is 0.557. The van der Waals surface area contributed by atoms with Crippen LogP contribution in [0.4, 0.5) is 11.5 Å². The molecule has 1 heterocycles. The van der Waals surface area contributed by atoms with Crippen LogP contribution in [0.2, 0.25) is 0 Å². The maximum absolute atomic E-state index is 9.12. The predicted molar refractivity (Wildman–Crippen MR) is 76.6 cm³/mol. The van der Waals surface area contributed by atoms with Gasteiger partial charge in [-0.25, -0.2) is 4.98 Å². The summed E-state index contributed by atoms with van der Waals surface area (Å²) in [4.78, 5) is 6.06. The van der Waals surface area contributed by atoms with Crippen molar-refractivity contribution in [3.63, 3.8) is 0 Å². The summed E-state index contributed by atoms with van der Waals surface area (Å²) in [5, 5.41) is 18.0. The fourth-order valence-electron chi connectivity index (χ4n) is 1.95. The normalized spacial score (nSPS) is 9.55. The number of nitrogens with two attached hydrogens (primary N) is 1. The number of rotatable bonds is 3. The van der Waals surface area contributed by atoms with Crippen LogP contribution in [-0.2, 0) is 6.54 Å². The van der Waals surface area contributed by atoms with E-state index in [0.29, 0.717) is 29.2 Å². The fraction of sp³-hybridized carbons (Fsp3) is 0.133. The van der Waals surface area contributed by atoms with Gasteiger partial charge in [0.1, 0.15) is 11.9 Å². The van der Waals surface area contributed by atoms with Gasteiger partial charge >= 0.3 is 0 Å². The molecule has 1 aromatic carbocycles. The van der Waals surface area contributed by atoms with E-state index >= 15 is 0 Å². The van der Waals surface area contributed by atoms with Gasteiger partial charge < -0.3 is 10.6 Å². The molecule has 0 amide bonds. The van der Waals surface area contributed by atoms with Crippen LogP contribution < -0.4 is 10.6 Å². The van der Waals surface area contributed by atoms with Gasteiger partial charge in [-0.15, -0.1) is 0 Å². The average Bonchev–Trinajstić information content (AvgIpc) is 2.47. The molecule has 0 unspecified atom stereocenters. The minimum atomic E-state index is 0.434. The van der Waals surface area contributed by atoms with Gasteiger partial charge in [-0.05, 0) is 23.8 Å². The van der Waals surface area contributed by atoms with Gasteiger partial charge in [-0.2, -0.15) is 10.5 Å². The van der Waals surface area contributed by atoms with Crippen LogP contribution >= 0.6 is 0 Å². The van der Waals surface area contributed by atoms with Crippen molar-refractivity contribution in [2.24, 2.45) is 0 Å². The van der Waals surface area contributed by atoms with E-state index in [1.165, 1.54) is 6.20 Å². The van der Waals surface area contributed by atoms with E-state index in [1.54, 1.807) is 12.1 Å². The zero-order valence-corrected chi connectivity index (χ0v) is 11.0. The Morgan fingerprint density at radius 3 is 2.75 bits per heavy atom. The summed E-state index contributed by atoms with van der Waals surface area (Å²) in [7, 11) is 1.85. The average molecular weight is 263 g/mol. The summed E-state index contributed by atoms with van der Waals surface area (Å²) in [5.74, 6) is 0.573. The van der Waals surface area contributed by atoms with Crippen LogP contribution in [0.15, 0.2) is 36.5 Å². The minimum Gasteiger partial charge on any atom is -0.397 e. The Bertz CT molecular complexity index is 709. The molecule has 0 aliphatic heterocycles. The number of nitriles is 2. The van der Waals surface area contributed by atoms with Crippen molar-refractivity contribution in [1.82, 2.24) is 4.98 Å². The molecule has 5 nitrogen and oxygen atoms in total. The van der Waals surface area contributed by atoms with Gasteiger partial charge in [0.25, 0.3) is 0 Å². The Labute approximate surface area is 117 Å². The van der Waals surface area contributed by atoms with E-state index in [1.807, 2.05) is 30.1 Å². The van der Waals surface area contributed by atoms with Crippen molar-refractivity contribution in [3.05, 3.63) is 53.2 Å². The van der Waals surface area contributed by atoms with Crippen molar-refractivity contribution in [3.8, 4) is 12.1 Å². The lowest BCUT2D eigenvalue weighted by molar-refractivity contribution is 0.895. The van der Waals surface area contributed by atoms with Crippen LogP contribution in [0.5, 0.6) is 0 Å². The smallest absolute Gasteiger partial charge is 0.146 e. The molecule has 0 fully saturated rings. The topological polar surface area (TPSA) is 89.7 Å². The van der Waals surface area contributed by atoms with Crippen molar-refractivity contribution >= 4 is 11.5 Å². The van der Waals surface area contributed by atoms with Gasteiger partial charge in [-0.1, -0.05) is 12.1 Å². The molecule has 0 bridgehead atoms. The number of pyridine rings is 1. The van der Waals surface area contributed by atoms with Gasteiger partial charge in [-0.3, -0.25) is 0 Å². The number of hydrogen-bond donors (Lipinski definition) is 1. The number of aromatic nitrogens is 1. The maximum atomic E-state index is 9.12. The second kappa shape index (κ2) is 5.73. The van der Waals surface area contributed by atoms with E-state index in [9.17, 15) is 0 Å². The van der Waals surface area contributed by atoms with Crippen molar-refractivity contribution in [1.29, 1.82) is 10.5 Å². The third kappa shape index (κ3) is 2.85. The molecule has 20 heavy (non-hydrogen) atoms. The second-order valence-corrected chi connectivity index (χ2v) is 4.42. The monoisotopic (exact) mass is 263 g/mol. The van der Waals surface area contributed by atoms with Crippen molar-refractivity contribution in [2.75, 3.05) is 17.7 Å². The highest BCUT2D eigenvalue weighted by Gasteiger charge is 2.10. The summed E-state index contributed by atoms with van der Waals surface area (Å²) >= 11 is 0. The SMILES string of the molecule is CN(Cc1cccc(C#N)c1)c1ncc(N)cc1C#N. The Balaban J connectivity index is 2.26. The van der Waals surface area contributed by atoms with E-state index in [2.05, 4.69) is 17.1 Å². The summed E-state index contributed by atoms with van der Waals surface area (Å²) < 4.78 is 0. The number of benzene rings is 1. The summed E-state index contributed by atoms with van der Waals surface area (Å²) in [6, 6.07) is 13.1. The van der Waals surface area contributed by atoms with Crippen molar-refractivity contribution in [2.45, 2.75) is 6.54 Å². The lowest BCUT2D eigenvalue weighted by Gasteiger charge is -2.19. The Hall–Kier alpha value is -3.05. The van der Waals surface area contributed by atoms with Gasteiger partial charge in [0.15, 0.2) is 0 Å². The van der Waals surface area contributed by atoms with E-state index in [-0.39, 0.29) is 0 Å². The summed E-state index contributed by atoms with van der Waals surface area (Å²) in [6.07, 6.45) is 1.53. The molecule has 0 aliphatic carbocycles. The Morgan fingerprint density at radius 2 is 2.05 bits per heavy atom. The Kier molecular flexibility index (Phi) is 3.83. The molecule has 5 heteroatoms. The number of nitrogen functional groups attached to an aromatic ring is 1. The molecule has 0 saturated carbocycles. The quantitative estimate of drug-likeness (QED) is 0.915. The molecule has 0 aliphatic rings. The first-order chi connectivity index (χ1) is 9.63. The third-order valence-electron chi connectivity index (χ3n) is 2.85. The van der Waals surface area contributed by atoms with Crippen LogP contribution in [0.3, 0.4) is 0 Å². The van der Waals surface area contributed by atoms with E-state index in [4.69, 9.17) is 16.3 Å². The Morgan fingerprint density at radius 1 is 1.25 bits per heavy atom. The highest BCUT2D eigenvalue weighted by atomic mass is 15.2. The first kappa shape index (κ1) is 13.4. The maximum Gasteiger partial charge on any atom is 0.146 e. The predicted octanol–water partition coefficient (Wildman–Crippen LogP) is 2.04. The molecule has 0 saturated heterocycles. The van der Waals surface area contributed by atoms with Crippen LogP contribution in [0.1, 0.15) is 16.7 Å². The third-order valence-corrected chi connectivity index (χ3v) is 2.85. The highest BCUT2D eigenvalue weighted by molar-refractivity contribution is 5.58. The summed E-state index contributed by atoms with van der Waals surface area (Å²) in [5.41, 5.74) is 8.12. The first-order valence-electron chi connectivity index (χ1n) is 6.00. The van der Waals surface area contributed by atoms with Gasteiger partial charge in [0.2, 0.25) is 0 Å². The first-order valence-corrected chi connectivity index (χ1v) is 6.00. The lowest BCUT2D eigenvalue weighted by Crippen LogP contribution is -2.19.